The number of aliphatic imine (C=N–C) groups is 1. The molecule has 1 aliphatic heterocycles. The van der Waals surface area contributed by atoms with Crippen molar-refractivity contribution in [3.63, 3.8) is 0 Å². The van der Waals surface area contributed by atoms with E-state index in [0.29, 0.717) is 17.3 Å². The zero-order valence-corrected chi connectivity index (χ0v) is 30.4. The van der Waals surface area contributed by atoms with Gasteiger partial charge in [-0.2, -0.15) is 4.99 Å². The molecule has 9 heteroatoms. The van der Waals surface area contributed by atoms with E-state index in [-0.39, 0.29) is 28.4 Å². The van der Waals surface area contributed by atoms with Crippen molar-refractivity contribution in [2.45, 2.75) is 26.4 Å². The van der Waals surface area contributed by atoms with E-state index in [0.717, 1.165) is 50.6 Å². The minimum absolute atomic E-state index is 0.0814. The molecule has 1 aliphatic rings. The number of halogens is 1. The van der Waals surface area contributed by atoms with Gasteiger partial charge in [0.05, 0.1) is 11.8 Å². The van der Waals surface area contributed by atoms with Crippen LogP contribution in [0.3, 0.4) is 0 Å². The molecule has 0 saturated carbocycles. The maximum Gasteiger partial charge on any atom is 0.285 e. The molecule has 52 heavy (non-hydrogen) atoms. The number of allylic oxidation sites excluding steroid dienone is 4. The predicted octanol–water partition coefficient (Wildman–Crippen LogP) is 9.04. The third-order valence-electron chi connectivity index (χ3n) is 8.77. The Morgan fingerprint density at radius 1 is 0.923 bits per heavy atom. The molecule has 1 aromatic heterocycles. The van der Waals surface area contributed by atoms with Gasteiger partial charge in [-0.05, 0) is 54.8 Å². The monoisotopic (exact) mass is 724 g/mol. The van der Waals surface area contributed by atoms with E-state index < -0.39 is 11.8 Å². The first-order valence-electron chi connectivity index (χ1n) is 16.8. The Labute approximate surface area is 312 Å². The second-order valence-electron chi connectivity index (χ2n) is 12.0. The van der Waals surface area contributed by atoms with Gasteiger partial charge in [0.1, 0.15) is 5.57 Å². The maximum absolute atomic E-state index is 14.4. The Kier molecular flexibility index (Phi) is 11.5. The summed E-state index contributed by atoms with van der Waals surface area (Å²) in [5.74, 6) is -1.58. The number of para-hydroxylation sites is 1. The molecular weight excluding hydrogens is 688 g/mol. The van der Waals surface area contributed by atoms with Gasteiger partial charge in [0.25, 0.3) is 11.8 Å². The van der Waals surface area contributed by atoms with Gasteiger partial charge in [-0.3, -0.25) is 19.3 Å². The van der Waals surface area contributed by atoms with Crippen LogP contribution >= 0.6 is 23.4 Å². The van der Waals surface area contributed by atoms with Gasteiger partial charge < -0.3 is 9.88 Å². The predicted molar refractivity (Wildman–Crippen MR) is 213 cm³/mol. The number of nitrogens with one attached hydrogen (secondary N) is 1. The molecule has 4 aromatic carbocycles. The van der Waals surface area contributed by atoms with Crippen molar-refractivity contribution in [1.82, 2.24) is 14.8 Å². The van der Waals surface area contributed by atoms with Crippen molar-refractivity contribution >= 4 is 63.2 Å². The second-order valence-corrected chi connectivity index (χ2v) is 13.4. The van der Waals surface area contributed by atoms with Gasteiger partial charge in [-0.1, -0.05) is 145 Å². The fourth-order valence-electron chi connectivity index (χ4n) is 6.18. The van der Waals surface area contributed by atoms with Crippen molar-refractivity contribution in [3.8, 4) is 0 Å². The van der Waals surface area contributed by atoms with Crippen molar-refractivity contribution in [3.05, 3.63) is 184 Å². The van der Waals surface area contributed by atoms with Crippen molar-refractivity contribution in [2.24, 2.45) is 4.99 Å². The number of carbonyl (C=O) groups is 3. The molecule has 0 bridgehead atoms. The molecule has 1 N–H and O–H groups in total. The number of amidine groups is 1. The lowest BCUT2D eigenvalue weighted by Crippen LogP contribution is -2.42. The second kappa shape index (κ2) is 16.5. The third kappa shape index (κ3) is 7.78. The molecule has 3 amide bonds. The Bertz CT molecular complexity index is 2230. The van der Waals surface area contributed by atoms with Crippen LogP contribution in [0.1, 0.15) is 40.9 Å². The molecule has 0 atom stereocenters. The zero-order chi connectivity index (χ0) is 36.6. The quantitative estimate of drug-likeness (QED) is 0.0837. The molecule has 7 nitrogen and oxygen atoms in total. The van der Waals surface area contributed by atoms with E-state index in [1.54, 1.807) is 37.3 Å². The van der Waals surface area contributed by atoms with E-state index in [1.165, 1.54) is 4.90 Å². The molecule has 5 aromatic rings. The summed E-state index contributed by atoms with van der Waals surface area (Å²) in [5.41, 5.74) is 5.75. The summed E-state index contributed by atoms with van der Waals surface area (Å²) >= 11 is 7.56. The van der Waals surface area contributed by atoms with Crippen LogP contribution in [0.4, 0.5) is 0 Å². The van der Waals surface area contributed by atoms with Gasteiger partial charge in [-0.25, -0.2) is 0 Å². The van der Waals surface area contributed by atoms with Crippen LogP contribution in [0, 0.1) is 6.92 Å². The molecule has 0 unspecified atom stereocenters. The molecule has 2 heterocycles. The number of benzene rings is 4. The van der Waals surface area contributed by atoms with Crippen molar-refractivity contribution in [1.29, 1.82) is 0 Å². The molecule has 6 rings (SSSR count). The lowest BCUT2D eigenvalue weighted by atomic mass is 9.99. The Balaban J connectivity index is 1.33. The largest absolute Gasteiger partial charge is 0.344 e. The molecular formula is C43H37ClN4O3S. The Morgan fingerprint density at radius 3 is 2.21 bits per heavy atom. The number of aromatic nitrogens is 1. The van der Waals surface area contributed by atoms with E-state index in [9.17, 15) is 14.4 Å². The van der Waals surface area contributed by atoms with Crippen LogP contribution in [0.25, 0.3) is 17.0 Å². The van der Waals surface area contributed by atoms with Crippen LogP contribution in [0.15, 0.2) is 156 Å². The molecule has 0 saturated heterocycles. The Morgan fingerprint density at radius 2 is 1.56 bits per heavy atom. The van der Waals surface area contributed by atoms with Gasteiger partial charge >= 0.3 is 0 Å². The average Bonchev–Trinajstić information content (AvgIpc) is 3.43. The Hall–Kier alpha value is -5.70. The lowest BCUT2D eigenvalue weighted by Gasteiger charge is -2.28. The maximum atomic E-state index is 14.4. The number of carbonyl (C=O) groups excluding carboxylic acids is 3. The number of thioether (sulfide) groups is 1. The summed E-state index contributed by atoms with van der Waals surface area (Å²) in [6.07, 6.45) is 8.40. The van der Waals surface area contributed by atoms with E-state index in [2.05, 4.69) is 21.5 Å². The summed E-state index contributed by atoms with van der Waals surface area (Å²) in [7, 11) is 0. The number of nitrogens with zero attached hydrogens (tertiary/aromatic N) is 3. The minimum atomic E-state index is -0.680. The molecule has 260 valence electrons. The highest BCUT2D eigenvalue weighted by atomic mass is 35.5. The molecule has 0 spiro atoms. The normalized spacial score (nSPS) is 14.5. The van der Waals surface area contributed by atoms with Crippen molar-refractivity contribution in [2.75, 3.05) is 5.75 Å². The van der Waals surface area contributed by atoms with E-state index in [4.69, 9.17) is 11.6 Å². The molecule has 0 aliphatic carbocycles. The first kappa shape index (κ1) is 36.1. The van der Waals surface area contributed by atoms with Gasteiger partial charge in [-0.15, -0.1) is 0 Å². The summed E-state index contributed by atoms with van der Waals surface area (Å²) in [6.45, 7) is 8.03. The summed E-state index contributed by atoms with van der Waals surface area (Å²) in [4.78, 5) is 47.5. The number of fused-ring (bicyclic) bond motifs is 1. The summed E-state index contributed by atoms with van der Waals surface area (Å²) in [6, 6.07) is 34.6. The minimum Gasteiger partial charge on any atom is -0.344 e. The van der Waals surface area contributed by atoms with Crippen molar-refractivity contribution < 1.29 is 14.4 Å². The third-order valence-corrected chi connectivity index (χ3v) is 10.1. The number of amides is 3. The topological polar surface area (TPSA) is 83.8 Å². The molecule has 0 radical (unpaired) electrons. The van der Waals surface area contributed by atoms with Gasteiger partial charge in [0.15, 0.2) is 5.17 Å². The first-order valence-corrected chi connectivity index (χ1v) is 18.1. The highest BCUT2D eigenvalue weighted by molar-refractivity contribution is 8.14. The van der Waals surface area contributed by atoms with E-state index in [1.807, 2.05) is 116 Å². The van der Waals surface area contributed by atoms with Crippen LogP contribution in [-0.2, 0) is 20.9 Å². The van der Waals surface area contributed by atoms with E-state index >= 15 is 0 Å². The van der Waals surface area contributed by atoms with Crippen LogP contribution in [0.5, 0.6) is 0 Å². The first-order chi connectivity index (χ1) is 25.3. The fraction of sp³-hybridized carbons (Fsp3) is 0.116. The molecule has 0 fully saturated rings. The zero-order valence-electron chi connectivity index (χ0n) is 28.8. The lowest BCUT2D eigenvalue weighted by molar-refractivity contribution is -0.126. The number of hydrogen-bond acceptors (Lipinski definition) is 4. The van der Waals surface area contributed by atoms with Crippen LogP contribution in [0.2, 0.25) is 5.02 Å². The van der Waals surface area contributed by atoms with Gasteiger partial charge in [0, 0.05) is 39.4 Å². The highest BCUT2D eigenvalue weighted by Gasteiger charge is 2.35. The standard InChI is InChI=1S/C43H37ClN4O3S/c1-4-6-22-33(5-2)48-42(51)36(26-35-29(3)47(38-25-16-14-23-34(35)38)27-32-21-13-15-24-37(32)44)41(50)46-43(48)52-28-39(49)45-40(30-17-9-7-10-18-30)31-19-11-8-12-20-31/h4-26,40H,1,27-28H2,2-3H3,(H,45,49)/b22-6-,33-5+,36-26+. The fourth-order valence-corrected chi connectivity index (χ4v) is 7.18. The number of rotatable bonds is 11. The number of hydrogen-bond donors (Lipinski definition) is 1. The summed E-state index contributed by atoms with van der Waals surface area (Å²) in [5, 5.41) is 4.78. The smallest absolute Gasteiger partial charge is 0.285 e. The average molecular weight is 725 g/mol. The highest BCUT2D eigenvalue weighted by Crippen LogP contribution is 2.33. The van der Waals surface area contributed by atoms with Crippen LogP contribution < -0.4 is 5.32 Å². The van der Waals surface area contributed by atoms with Gasteiger partial charge in [0.2, 0.25) is 5.91 Å². The summed E-state index contributed by atoms with van der Waals surface area (Å²) < 4.78 is 2.13. The SMILES string of the molecule is C=C/C=C\C(=C/C)N1C(=O)/C(=C/c2c(C)n(Cc3ccccc3Cl)c3ccccc23)C(=O)N=C1SCC(=O)NC(c1ccccc1)c1ccccc1. The van der Waals surface area contributed by atoms with Crippen LogP contribution in [-0.4, -0.2) is 38.1 Å².